The van der Waals surface area contributed by atoms with E-state index in [1.54, 1.807) is 7.11 Å². The van der Waals surface area contributed by atoms with Crippen molar-refractivity contribution in [3.8, 4) is 0 Å². The van der Waals surface area contributed by atoms with Crippen LogP contribution in [-0.4, -0.2) is 22.5 Å². The average molecular weight is 242 g/mol. The lowest BCUT2D eigenvalue weighted by Crippen LogP contribution is -2.27. The fourth-order valence-corrected chi connectivity index (χ4v) is 3.08. The molecular formula is C13H26O2Si. The Morgan fingerprint density at radius 2 is 1.69 bits per heavy atom. The van der Waals surface area contributed by atoms with Crippen molar-refractivity contribution in [1.29, 1.82) is 0 Å². The minimum absolute atomic E-state index is 0.288. The van der Waals surface area contributed by atoms with Gasteiger partial charge in [0, 0.05) is 7.11 Å². The molecule has 1 atom stereocenters. The summed E-state index contributed by atoms with van der Waals surface area (Å²) in [6.07, 6.45) is 11.9. The van der Waals surface area contributed by atoms with Crippen molar-refractivity contribution in [2.24, 2.45) is 0 Å². The molecule has 0 saturated carbocycles. The van der Waals surface area contributed by atoms with Gasteiger partial charge in [0.2, 0.25) is 0 Å². The predicted molar refractivity (Wildman–Crippen MR) is 73.0 cm³/mol. The van der Waals surface area contributed by atoms with Crippen molar-refractivity contribution < 1.29 is 8.85 Å². The van der Waals surface area contributed by atoms with E-state index in [2.05, 4.69) is 31.2 Å². The maximum Gasteiger partial charge on any atom is 0.321 e. The van der Waals surface area contributed by atoms with Crippen molar-refractivity contribution in [2.75, 3.05) is 7.11 Å². The third kappa shape index (κ3) is 7.85. The molecule has 0 saturated heterocycles. The summed E-state index contributed by atoms with van der Waals surface area (Å²) >= 11 is 0. The predicted octanol–water partition coefficient (Wildman–Crippen LogP) is 3.58. The largest absolute Gasteiger partial charge is 0.400 e. The molecule has 2 nitrogen and oxygen atoms in total. The first-order valence-electron chi connectivity index (χ1n) is 6.19. The monoisotopic (exact) mass is 242 g/mol. The Balaban J connectivity index is 4.14. The van der Waals surface area contributed by atoms with Crippen LogP contribution in [0.4, 0.5) is 0 Å². The molecule has 0 rings (SSSR count). The van der Waals surface area contributed by atoms with Crippen LogP contribution in [0.1, 0.15) is 40.0 Å². The fourth-order valence-electron chi connectivity index (χ4n) is 1.47. The van der Waals surface area contributed by atoms with E-state index >= 15 is 0 Å². The molecule has 0 aromatic rings. The molecule has 0 heterocycles. The van der Waals surface area contributed by atoms with Crippen molar-refractivity contribution >= 4 is 9.28 Å². The first kappa shape index (κ1) is 15.6. The van der Waals surface area contributed by atoms with Crippen LogP contribution < -0.4 is 0 Å². The van der Waals surface area contributed by atoms with E-state index in [0.29, 0.717) is 0 Å². The minimum Gasteiger partial charge on any atom is -0.400 e. The van der Waals surface area contributed by atoms with E-state index in [9.17, 15) is 0 Å². The smallest absolute Gasteiger partial charge is 0.321 e. The van der Waals surface area contributed by atoms with Gasteiger partial charge in [0.1, 0.15) is 0 Å². The molecule has 0 bridgehead atoms. The van der Waals surface area contributed by atoms with Crippen molar-refractivity contribution in [1.82, 2.24) is 0 Å². The summed E-state index contributed by atoms with van der Waals surface area (Å²) in [6.45, 7) is 6.27. The topological polar surface area (TPSA) is 18.5 Å². The van der Waals surface area contributed by atoms with E-state index in [4.69, 9.17) is 8.85 Å². The molecule has 0 amide bonds. The molecule has 0 N–H and O–H groups in total. The molecule has 0 fully saturated rings. The van der Waals surface area contributed by atoms with Gasteiger partial charge in [-0.1, -0.05) is 37.6 Å². The van der Waals surface area contributed by atoms with Gasteiger partial charge in [-0.2, -0.15) is 0 Å². The van der Waals surface area contributed by atoms with Gasteiger partial charge in [-0.15, -0.1) is 0 Å². The fraction of sp³-hybridized carbons (Fsp3) is 0.692. The standard InChI is InChI=1S/C13H26O2Si/c1-5-8-10-13(11-9-6-2)15-16(14-4)12-7-3/h5-6,8-9,13,16H,7,10-12H2,1-4H3. The first-order valence-corrected chi connectivity index (χ1v) is 7.94. The molecule has 0 aliphatic rings. The molecule has 0 radical (unpaired) electrons. The summed E-state index contributed by atoms with van der Waals surface area (Å²) in [5.41, 5.74) is 0. The summed E-state index contributed by atoms with van der Waals surface area (Å²) in [5.74, 6) is 0. The highest BCUT2D eigenvalue weighted by Gasteiger charge is 2.15. The summed E-state index contributed by atoms with van der Waals surface area (Å²) in [5, 5.41) is 0. The molecule has 3 heteroatoms. The van der Waals surface area contributed by atoms with E-state index in [0.717, 1.165) is 25.3 Å². The second kappa shape index (κ2) is 11.1. The lowest BCUT2D eigenvalue weighted by atomic mass is 10.2. The van der Waals surface area contributed by atoms with Crippen LogP contribution in [0.25, 0.3) is 0 Å². The van der Waals surface area contributed by atoms with Gasteiger partial charge < -0.3 is 8.85 Å². The Morgan fingerprint density at radius 3 is 2.06 bits per heavy atom. The Labute approximate surface area is 102 Å². The van der Waals surface area contributed by atoms with Crippen LogP contribution in [0.15, 0.2) is 24.3 Å². The Hall–Kier alpha value is -0.383. The summed E-state index contributed by atoms with van der Waals surface area (Å²) in [7, 11) is 0.349. The Bertz CT molecular complexity index is 188. The zero-order valence-corrected chi connectivity index (χ0v) is 12.3. The Kier molecular flexibility index (Phi) is 10.8. The molecular weight excluding hydrogens is 216 g/mol. The molecule has 1 unspecified atom stereocenters. The van der Waals surface area contributed by atoms with Crippen LogP contribution in [0, 0.1) is 0 Å². The van der Waals surface area contributed by atoms with E-state index < -0.39 is 9.28 Å². The molecule has 0 aromatic carbocycles. The van der Waals surface area contributed by atoms with Crippen LogP contribution in [0.2, 0.25) is 6.04 Å². The number of hydrogen-bond acceptors (Lipinski definition) is 2. The van der Waals surface area contributed by atoms with Crippen LogP contribution in [0.3, 0.4) is 0 Å². The third-order valence-electron chi connectivity index (χ3n) is 2.40. The number of hydrogen-bond donors (Lipinski definition) is 0. The zero-order valence-electron chi connectivity index (χ0n) is 11.1. The van der Waals surface area contributed by atoms with E-state index in [1.807, 2.05) is 13.8 Å². The molecule has 0 aliphatic carbocycles. The van der Waals surface area contributed by atoms with Gasteiger partial charge >= 0.3 is 9.28 Å². The van der Waals surface area contributed by atoms with Crippen LogP contribution in [-0.2, 0) is 8.85 Å². The second-order valence-electron chi connectivity index (χ2n) is 3.82. The van der Waals surface area contributed by atoms with Crippen LogP contribution in [0.5, 0.6) is 0 Å². The highest BCUT2D eigenvalue weighted by Crippen LogP contribution is 2.11. The number of rotatable bonds is 9. The maximum atomic E-state index is 6.06. The number of allylic oxidation sites excluding steroid dienone is 2. The van der Waals surface area contributed by atoms with Gasteiger partial charge in [0.15, 0.2) is 0 Å². The molecule has 94 valence electrons. The summed E-state index contributed by atoms with van der Waals surface area (Å²) in [6, 6.07) is 1.10. The second-order valence-corrected chi connectivity index (χ2v) is 6.00. The normalized spacial score (nSPS) is 16.0. The molecule has 16 heavy (non-hydrogen) atoms. The van der Waals surface area contributed by atoms with Gasteiger partial charge in [-0.3, -0.25) is 0 Å². The van der Waals surface area contributed by atoms with Gasteiger partial charge in [-0.05, 0) is 32.7 Å². The lowest BCUT2D eigenvalue weighted by molar-refractivity contribution is 0.154. The Morgan fingerprint density at radius 1 is 1.12 bits per heavy atom. The van der Waals surface area contributed by atoms with Crippen LogP contribution >= 0.6 is 0 Å². The quantitative estimate of drug-likeness (QED) is 0.454. The van der Waals surface area contributed by atoms with Gasteiger partial charge in [-0.25, -0.2) is 0 Å². The molecule has 0 spiro atoms. The zero-order chi connectivity index (χ0) is 12.2. The minimum atomic E-state index is -1.42. The highest BCUT2D eigenvalue weighted by molar-refractivity contribution is 6.44. The van der Waals surface area contributed by atoms with Crippen molar-refractivity contribution in [3.63, 3.8) is 0 Å². The van der Waals surface area contributed by atoms with E-state index in [-0.39, 0.29) is 6.10 Å². The van der Waals surface area contributed by atoms with Gasteiger partial charge in [0.05, 0.1) is 6.10 Å². The SMILES string of the molecule is CC=CCC(CC=CC)O[SiH](CCC)OC. The summed E-state index contributed by atoms with van der Waals surface area (Å²) < 4.78 is 11.5. The van der Waals surface area contributed by atoms with Gasteiger partial charge in [0.25, 0.3) is 0 Å². The summed E-state index contributed by atoms with van der Waals surface area (Å²) in [4.78, 5) is 0. The van der Waals surface area contributed by atoms with E-state index in [1.165, 1.54) is 0 Å². The lowest BCUT2D eigenvalue weighted by Gasteiger charge is -2.21. The average Bonchev–Trinajstić information content (AvgIpc) is 2.31. The van der Waals surface area contributed by atoms with Crippen molar-refractivity contribution in [2.45, 2.75) is 52.2 Å². The first-order chi connectivity index (χ1) is 7.78. The molecule has 0 aliphatic heterocycles. The third-order valence-corrected chi connectivity index (χ3v) is 4.66. The molecule has 0 aromatic heterocycles. The van der Waals surface area contributed by atoms with Crippen molar-refractivity contribution in [3.05, 3.63) is 24.3 Å². The highest BCUT2D eigenvalue weighted by atomic mass is 28.3. The maximum absolute atomic E-state index is 6.06.